The summed E-state index contributed by atoms with van der Waals surface area (Å²) in [6, 6.07) is 13.4. The zero-order valence-corrected chi connectivity index (χ0v) is 18.5. The van der Waals surface area contributed by atoms with Crippen molar-refractivity contribution < 1.29 is 14.7 Å². The fourth-order valence-corrected chi connectivity index (χ4v) is 3.59. The Kier molecular flexibility index (Phi) is 7.17. The van der Waals surface area contributed by atoms with Crippen LogP contribution in [-0.4, -0.2) is 32.5 Å². The van der Waals surface area contributed by atoms with Gasteiger partial charge in [0.2, 0.25) is 5.88 Å². The summed E-state index contributed by atoms with van der Waals surface area (Å²) >= 11 is 12.4. The molecule has 1 aromatic heterocycles. The number of aromatic nitrogens is 2. The zero-order valence-electron chi connectivity index (χ0n) is 17.0. The Bertz CT molecular complexity index is 1280. The molecule has 0 saturated carbocycles. The number of hydrogen-bond donors (Lipinski definition) is 2. The second-order valence-corrected chi connectivity index (χ2v) is 7.84. The van der Waals surface area contributed by atoms with Crippen LogP contribution in [0.1, 0.15) is 28.4 Å². The quantitative estimate of drug-likeness (QED) is 0.545. The standard InChI is InChI=1S/C22H19Cl2N3O5/c1-13(28)10-25-19(29)18-20(30)26(11-14-6-3-2-4-7-14)22(32)27(21(18)31)12-15-16(23)8-5-9-17(15)24/h2-9,31H,10-12H2,1H3,(H,25,29). The molecule has 0 atom stereocenters. The summed E-state index contributed by atoms with van der Waals surface area (Å²) in [4.78, 5) is 50.1. The van der Waals surface area contributed by atoms with Crippen molar-refractivity contribution in [3.63, 3.8) is 0 Å². The minimum absolute atomic E-state index is 0.137. The average Bonchev–Trinajstić information content (AvgIpc) is 2.75. The smallest absolute Gasteiger partial charge is 0.334 e. The van der Waals surface area contributed by atoms with Crippen LogP contribution in [0.15, 0.2) is 58.1 Å². The average molecular weight is 476 g/mol. The van der Waals surface area contributed by atoms with Crippen LogP contribution in [0, 0.1) is 0 Å². The predicted molar refractivity (Wildman–Crippen MR) is 121 cm³/mol. The number of rotatable bonds is 7. The molecule has 10 heteroatoms. The molecule has 0 aliphatic carbocycles. The van der Waals surface area contributed by atoms with Crippen molar-refractivity contribution in [1.82, 2.24) is 14.5 Å². The Balaban J connectivity index is 2.21. The van der Waals surface area contributed by atoms with Crippen molar-refractivity contribution >= 4 is 34.9 Å². The molecule has 0 saturated heterocycles. The molecule has 166 valence electrons. The maximum atomic E-state index is 13.2. The van der Waals surface area contributed by atoms with Gasteiger partial charge in [-0.25, -0.2) is 4.79 Å². The second kappa shape index (κ2) is 9.84. The SMILES string of the molecule is CC(=O)CNC(=O)c1c(O)n(Cc2c(Cl)cccc2Cl)c(=O)n(Cc2ccccc2)c1=O. The van der Waals surface area contributed by atoms with Gasteiger partial charge in [-0.3, -0.25) is 23.5 Å². The number of hydrogen-bond acceptors (Lipinski definition) is 5. The number of aromatic hydroxyl groups is 1. The first kappa shape index (κ1) is 23.3. The fraction of sp³-hybridized carbons (Fsp3) is 0.182. The lowest BCUT2D eigenvalue weighted by molar-refractivity contribution is -0.116. The lowest BCUT2D eigenvalue weighted by atomic mass is 10.2. The molecule has 0 fully saturated rings. The molecule has 0 spiro atoms. The fourth-order valence-electron chi connectivity index (χ4n) is 3.07. The van der Waals surface area contributed by atoms with Crippen molar-refractivity contribution in [2.75, 3.05) is 6.54 Å². The Labute approximate surface area is 192 Å². The molecule has 1 heterocycles. The molecule has 8 nitrogen and oxygen atoms in total. The van der Waals surface area contributed by atoms with E-state index < -0.39 is 28.6 Å². The highest BCUT2D eigenvalue weighted by Gasteiger charge is 2.25. The first-order valence-electron chi connectivity index (χ1n) is 9.51. The largest absolute Gasteiger partial charge is 0.494 e. The Morgan fingerprint density at radius 3 is 2.16 bits per heavy atom. The van der Waals surface area contributed by atoms with Crippen molar-refractivity contribution in [3.8, 4) is 5.88 Å². The van der Waals surface area contributed by atoms with E-state index in [0.29, 0.717) is 11.1 Å². The van der Waals surface area contributed by atoms with E-state index in [1.54, 1.807) is 48.5 Å². The molecule has 0 aliphatic heterocycles. The van der Waals surface area contributed by atoms with E-state index in [0.717, 1.165) is 9.13 Å². The third-order valence-electron chi connectivity index (χ3n) is 4.69. The molecular formula is C22H19Cl2N3O5. The number of amides is 1. The summed E-state index contributed by atoms with van der Waals surface area (Å²) in [5.41, 5.74) is -1.54. The van der Waals surface area contributed by atoms with E-state index in [9.17, 15) is 24.3 Å². The van der Waals surface area contributed by atoms with Gasteiger partial charge in [-0.2, -0.15) is 0 Å². The van der Waals surface area contributed by atoms with Crippen molar-refractivity contribution in [1.29, 1.82) is 0 Å². The van der Waals surface area contributed by atoms with E-state index in [4.69, 9.17) is 23.2 Å². The van der Waals surface area contributed by atoms with Gasteiger partial charge in [-0.05, 0) is 24.6 Å². The highest BCUT2D eigenvalue weighted by atomic mass is 35.5. The van der Waals surface area contributed by atoms with Crippen molar-refractivity contribution in [3.05, 3.63) is 96.1 Å². The zero-order chi connectivity index (χ0) is 23.4. The normalized spacial score (nSPS) is 10.7. The predicted octanol–water partition coefficient (Wildman–Crippen LogP) is 2.44. The maximum Gasteiger partial charge on any atom is 0.334 e. The van der Waals surface area contributed by atoms with Gasteiger partial charge in [0.05, 0.1) is 19.6 Å². The van der Waals surface area contributed by atoms with Gasteiger partial charge in [-0.15, -0.1) is 0 Å². The summed E-state index contributed by atoms with van der Waals surface area (Å²) in [5, 5.41) is 13.5. The summed E-state index contributed by atoms with van der Waals surface area (Å²) in [6.07, 6.45) is 0. The Morgan fingerprint density at radius 1 is 0.938 bits per heavy atom. The van der Waals surface area contributed by atoms with Crippen molar-refractivity contribution in [2.24, 2.45) is 0 Å². The van der Waals surface area contributed by atoms with E-state index in [-0.39, 0.29) is 35.5 Å². The number of carbonyl (C=O) groups is 2. The lowest BCUT2D eigenvalue weighted by Gasteiger charge is -2.17. The number of nitrogens with zero attached hydrogens (tertiary/aromatic N) is 2. The third-order valence-corrected chi connectivity index (χ3v) is 5.39. The van der Waals surface area contributed by atoms with Crippen LogP contribution in [-0.2, 0) is 17.9 Å². The second-order valence-electron chi connectivity index (χ2n) is 7.03. The molecule has 1 amide bonds. The molecule has 0 unspecified atom stereocenters. The molecule has 3 rings (SSSR count). The van der Waals surface area contributed by atoms with Crippen LogP contribution in [0.5, 0.6) is 5.88 Å². The van der Waals surface area contributed by atoms with Crippen LogP contribution >= 0.6 is 23.2 Å². The van der Waals surface area contributed by atoms with Gasteiger partial charge in [0.1, 0.15) is 5.78 Å². The third kappa shape index (κ3) is 4.92. The Hall–Kier alpha value is -3.36. The van der Waals surface area contributed by atoms with Gasteiger partial charge in [-0.1, -0.05) is 59.6 Å². The molecular weight excluding hydrogens is 457 g/mol. The van der Waals surface area contributed by atoms with E-state index in [1.807, 2.05) is 0 Å². The number of carbonyl (C=O) groups excluding carboxylic acids is 2. The summed E-state index contributed by atoms with van der Waals surface area (Å²) in [6.45, 7) is 0.493. The van der Waals surface area contributed by atoms with Gasteiger partial charge < -0.3 is 10.4 Å². The number of ketones is 1. The van der Waals surface area contributed by atoms with Gasteiger partial charge in [0.25, 0.3) is 11.5 Å². The van der Waals surface area contributed by atoms with Gasteiger partial charge in [0, 0.05) is 15.6 Å². The first-order chi connectivity index (χ1) is 15.2. The molecule has 2 N–H and O–H groups in total. The number of benzene rings is 2. The maximum absolute atomic E-state index is 13.2. The number of nitrogens with one attached hydrogen (secondary N) is 1. The van der Waals surface area contributed by atoms with Crippen LogP contribution in [0.4, 0.5) is 0 Å². The highest BCUT2D eigenvalue weighted by Crippen LogP contribution is 2.26. The van der Waals surface area contributed by atoms with Crippen LogP contribution < -0.4 is 16.6 Å². The monoisotopic (exact) mass is 475 g/mol. The van der Waals surface area contributed by atoms with Gasteiger partial charge >= 0.3 is 5.69 Å². The number of Topliss-reactive ketones (excluding diaryl/α,β-unsaturated/α-hetero) is 1. The highest BCUT2D eigenvalue weighted by molar-refractivity contribution is 6.36. The topological polar surface area (TPSA) is 110 Å². The van der Waals surface area contributed by atoms with E-state index >= 15 is 0 Å². The van der Waals surface area contributed by atoms with E-state index in [2.05, 4.69) is 5.32 Å². The number of halogens is 2. The lowest BCUT2D eigenvalue weighted by Crippen LogP contribution is -2.45. The molecule has 0 bridgehead atoms. The first-order valence-corrected chi connectivity index (χ1v) is 10.3. The van der Waals surface area contributed by atoms with Crippen LogP contribution in [0.2, 0.25) is 10.0 Å². The van der Waals surface area contributed by atoms with Crippen LogP contribution in [0.3, 0.4) is 0 Å². The summed E-state index contributed by atoms with van der Waals surface area (Å²) in [7, 11) is 0. The minimum atomic E-state index is -0.987. The minimum Gasteiger partial charge on any atom is -0.494 e. The van der Waals surface area contributed by atoms with E-state index in [1.165, 1.54) is 6.92 Å². The van der Waals surface area contributed by atoms with Crippen LogP contribution in [0.25, 0.3) is 0 Å². The molecule has 2 aromatic carbocycles. The molecule has 32 heavy (non-hydrogen) atoms. The summed E-state index contributed by atoms with van der Waals surface area (Å²) in [5.74, 6) is -2.18. The Morgan fingerprint density at radius 2 is 1.56 bits per heavy atom. The van der Waals surface area contributed by atoms with Crippen molar-refractivity contribution in [2.45, 2.75) is 20.0 Å². The molecule has 3 aromatic rings. The van der Waals surface area contributed by atoms with Gasteiger partial charge in [0.15, 0.2) is 5.56 Å². The molecule has 0 radical (unpaired) electrons. The summed E-state index contributed by atoms with van der Waals surface area (Å²) < 4.78 is 1.68. The molecule has 0 aliphatic rings.